The number of alkyl halides is 3. The van der Waals surface area contributed by atoms with Gasteiger partial charge in [0.1, 0.15) is 17.2 Å². The monoisotopic (exact) mass is 485 g/mol. The van der Waals surface area contributed by atoms with Crippen molar-refractivity contribution < 1.29 is 27.5 Å². The van der Waals surface area contributed by atoms with Gasteiger partial charge in [0.25, 0.3) is 5.91 Å². The fourth-order valence-corrected chi connectivity index (χ4v) is 2.93. The van der Waals surface area contributed by atoms with E-state index in [1.807, 2.05) is 0 Å². The molecule has 1 heterocycles. The third kappa shape index (κ3) is 6.97. The first kappa shape index (κ1) is 25.1. The topological polar surface area (TPSA) is 104 Å². The molecule has 0 atom stereocenters. The summed E-state index contributed by atoms with van der Waals surface area (Å²) in [6, 6.07) is 13.5. The molecule has 0 unspecified atom stereocenters. The van der Waals surface area contributed by atoms with Gasteiger partial charge in [-0.15, -0.1) is 0 Å². The summed E-state index contributed by atoms with van der Waals surface area (Å²) < 4.78 is 45.9. The molecule has 2 amide bonds. The molecular weight excluding hydrogens is 463 g/mol. The minimum atomic E-state index is -4.65. The van der Waals surface area contributed by atoms with Crippen molar-refractivity contribution in [1.29, 1.82) is 0 Å². The van der Waals surface area contributed by atoms with Crippen molar-refractivity contribution in [1.82, 2.24) is 10.3 Å². The van der Waals surface area contributed by atoms with Crippen LogP contribution in [-0.4, -0.2) is 30.5 Å². The quantitative estimate of drug-likeness (QED) is 0.255. The van der Waals surface area contributed by atoms with Gasteiger partial charge in [-0.05, 0) is 54.6 Å². The molecule has 3 rings (SSSR count). The van der Waals surface area contributed by atoms with E-state index in [-0.39, 0.29) is 29.6 Å². The lowest BCUT2D eigenvalue weighted by molar-refractivity contribution is -0.136. The van der Waals surface area contributed by atoms with Gasteiger partial charge in [-0.25, -0.2) is 0 Å². The molecule has 0 aliphatic heterocycles. The lowest BCUT2D eigenvalue weighted by Crippen LogP contribution is -2.18. The van der Waals surface area contributed by atoms with Crippen LogP contribution in [0, 0.1) is 0 Å². The Balaban J connectivity index is 1.59. The van der Waals surface area contributed by atoms with E-state index >= 15 is 0 Å². The van der Waals surface area contributed by atoms with Crippen molar-refractivity contribution in [2.75, 3.05) is 29.7 Å². The van der Waals surface area contributed by atoms with Crippen LogP contribution in [-0.2, 0) is 11.0 Å². The van der Waals surface area contributed by atoms with Gasteiger partial charge in [-0.2, -0.15) is 13.2 Å². The van der Waals surface area contributed by atoms with E-state index in [1.54, 1.807) is 30.3 Å². The molecule has 0 bridgehead atoms. The number of benzene rings is 2. The van der Waals surface area contributed by atoms with Crippen molar-refractivity contribution in [3.05, 3.63) is 84.7 Å². The van der Waals surface area contributed by atoms with Gasteiger partial charge in [0.05, 0.1) is 17.9 Å². The summed E-state index contributed by atoms with van der Waals surface area (Å²) in [5.74, 6) is -0.110. The summed E-state index contributed by atoms with van der Waals surface area (Å²) in [6.45, 7) is 3.37. The lowest BCUT2D eigenvalue weighted by Gasteiger charge is -2.16. The SMILES string of the molecule is C=CC(=O)Nc1ccc(NCNc2ccc(Oc3ccnc(C(=O)NC)c3)cc2)cc1C(F)(F)F. The van der Waals surface area contributed by atoms with Crippen molar-refractivity contribution in [2.24, 2.45) is 0 Å². The Kier molecular flexibility index (Phi) is 7.92. The number of rotatable bonds is 9. The van der Waals surface area contributed by atoms with Crippen LogP contribution in [0.25, 0.3) is 0 Å². The number of ether oxygens (including phenoxy) is 1. The third-order valence-corrected chi connectivity index (χ3v) is 4.63. The highest BCUT2D eigenvalue weighted by atomic mass is 19.4. The van der Waals surface area contributed by atoms with Gasteiger partial charge in [-0.3, -0.25) is 14.6 Å². The average molecular weight is 485 g/mol. The summed E-state index contributed by atoms with van der Waals surface area (Å²) in [5, 5.41) is 10.5. The Morgan fingerprint density at radius 2 is 1.69 bits per heavy atom. The molecule has 0 saturated heterocycles. The van der Waals surface area contributed by atoms with E-state index in [4.69, 9.17) is 4.74 Å². The van der Waals surface area contributed by atoms with Crippen LogP contribution in [0.3, 0.4) is 0 Å². The number of halogens is 3. The lowest BCUT2D eigenvalue weighted by atomic mass is 10.1. The Morgan fingerprint density at radius 3 is 2.34 bits per heavy atom. The molecule has 1 aromatic heterocycles. The number of hydrogen-bond acceptors (Lipinski definition) is 6. The fourth-order valence-electron chi connectivity index (χ4n) is 2.93. The molecule has 182 valence electrons. The molecule has 0 spiro atoms. The number of amides is 2. The Labute approximate surface area is 199 Å². The van der Waals surface area contributed by atoms with E-state index < -0.39 is 17.6 Å². The van der Waals surface area contributed by atoms with Crippen LogP contribution in [0.2, 0.25) is 0 Å². The van der Waals surface area contributed by atoms with Crippen molar-refractivity contribution in [3.8, 4) is 11.5 Å². The number of pyridine rings is 1. The zero-order valence-corrected chi connectivity index (χ0v) is 18.6. The molecule has 4 N–H and O–H groups in total. The highest BCUT2D eigenvalue weighted by Gasteiger charge is 2.34. The van der Waals surface area contributed by atoms with E-state index in [1.165, 1.54) is 31.4 Å². The third-order valence-electron chi connectivity index (χ3n) is 4.63. The normalized spacial score (nSPS) is 10.7. The van der Waals surface area contributed by atoms with E-state index in [2.05, 4.69) is 32.8 Å². The number of nitrogens with one attached hydrogen (secondary N) is 4. The van der Waals surface area contributed by atoms with E-state index in [0.29, 0.717) is 17.2 Å². The summed E-state index contributed by atoms with van der Waals surface area (Å²) in [4.78, 5) is 27.1. The molecule has 3 aromatic rings. The molecular formula is C24H22F3N5O3. The number of nitrogens with zero attached hydrogens (tertiary/aromatic N) is 1. The van der Waals surface area contributed by atoms with Crippen molar-refractivity contribution in [3.63, 3.8) is 0 Å². The largest absolute Gasteiger partial charge is 0.457 e. The molecule has 8 nitrogen and oxygen atoms in total. The van der Waals surface area contributed by atoms with Gasteiger partial charge in [0.15, 0.2) is 0 Å². The van der Waals surface area contributed by atoms with Gasteiger partial charge < -0.3 is 26.0 Å². The predicted molar refractivity (Wildman–Crippen MR) is 127 cm³/mol. The molecule has 0 saturated carbocycles. The maximum absolute atomic E-state index is 13.4. The number of carbonyl (C=O) groups excluding carboxylic acids is 2. The Bertz CT molecular complexity index is 1210. The highest BCUT2D eigenvalue weighted by Crippen LogP contribution is 2.36. The van der Waals surface area contributed by atoms with E-state index in [9.17, 15) is 22.8 Å². The second-order valence-corrected chi connectivity index (χ2v) is 7.06. The average Bonchev–Trinajstić information content (AvgIpc) is 2.84. The number of aromatic nitrogens is 1. The highest BCUT2D eigenvalue weighted by molar-refractivity contribution is 5.99. The molecule has 0 aliphatic carbocycles. The first-order valence-corrected chi connectivity index (χ1v) is 10.3. The minimum absolute atomic E-state index is 0.135. The van der Waals surface area contributed by atoms with Crippen LogP contribution in [0.15, 0.2) is 73.4 Å². The van der Waals surface area contributed by atoms with Gasteiger partial charge >= 0.3 is 6.18 Å². The first-order valence-electron chi connectivity index (χ1n) is 10.3. The Morgan fingerprint density at radius 1 is 1.00 bits per heavy atom. The smallest absolute Gasteiger partial charge is 0.418 e. The van der Waals surface area contributed by atoms with Gasteiger partial charge in [0.2, 0.25) is 5.91 Å². The van der Waals surface area contributed by atoms with Crippen LogP contribution in [0.4, 0.5) is 30.2 Å². The minimum Gasteiger partial charge on any atom is -0.457 e. The predicted octanol–water partition coefficient (Wildman–Crippen LogP) is 4.86. The molecule has 0 aliphatic rings. The molecule has 0 fully saturated rings. The number of hydrogen-bond donors (Lipinski definition) is 4. The van der Waals surface area contributed by atoms with Crippen LogP contribution >= 0.6 is 0 Å². The van der Waals surface area contributed by atoms with Crippen LogP contribution < -0.4 is 26.0 Å². The fraction of sp³-hybridized carbons (Fsp3) is 0.125. The second-order valence-electron chi connectivity index (χ2n) is 7.06. The Hall–Kier alpha value is -4.54. The summed E-state index contributed by atoms with van der Waals surface area (Å²) >= 11 is 0. The van der Waals surface area contributed by atoms with E-state index in [0.717, 1.165) is 12.1 Å². The summed E-state index contributed by atoms with van der Waals surface area (Å²) in [6.07, 6.45) is -2.29. The maximum Gasteiger partial charge on any atom is 0.418 e. The zero-order chi connectivity index (χ0) is 25.4. The number of carbonyl (C=O) groups is 2. The second kappa shape index (κ2) is 11.1. The zero-order valence-electron chi connectivity index (χ0n) is 18.6. The molecule has 11 heteroatoms. The van der Waals surface area contributed by atoms with Crippen LogP contribution in [0.5, 0.6) is 11.5 Å². The van der Waals surface area contributed by atoms with Crippen LogP contribution in [0.1, 0.15) is 16.1 Å². The first-order chi connectivity index (χ1) is 16.7. The van der Waals surface area contributed by atoms with Gasteiger partial charge in [-0.1, -0.05) is 6.58 Å². The van der Waals surface area contributed by atoms with Crippen molar-refractivity contribution in [2.45, 2.75) is 6.18 Å². The maximum atomic E-state index is 13.4. The molecule has 0 radical (unpaired) electrons. The molecule has 2 aromatic carbocycles. The standard InChI is InChI=1S/C24H22F3N5O3/c1-3-22(33)32-20-9-6-16(12-19(20)24(25,26)27)31-14-30-15-4-7-17(8-5-15)35-18-10-11-29-21(13-18)23(34)28-2/h3-13,30-31H,1,14H2,2H3,(H,28,34)(H,32,33). The summed E-state index contributed by atoms with van der Waals surface area (Å²) in [5.41, 5.74) is -0.204. The van der Waals surface area contributed by atoms with Gasteiger partial charge in [0, 0.05) is 30.7 Å². The summed E-state index contributed by atoms with van der Waals surface area (Å²) in [7, 11) is 1.51. The molecule has 35 heavy (non-hydrogen) atoms. The number of anilines is 3. The van der Waals surface area contributed by atoms with Crippen molar-refractivity contribution >= 4 is 28.9 Å².